The van der Waals surface area contributed by atoms with Crippen LogP contribution in [0.1, 0.15) is 21.9 Å². The smallest absolute Gasteiger partial charge is 0.418 e. The van der Waals surface area contributed by atoms with Crippen molar-refractivity contribution in [3.63, 3.8) is 0 Å². The molecule has 3 amide bonds. The highest BCUT2D eigenvalue weighted by atomic mass is 32.2. The Labute approximate surface area is 255 Å². The first-order valence-corrected chi connectivity index (χ1v) is 14.8. The number of rotatable bonds is 6. The zero-order valence-electron chi connectivity index (χ0n) is 22.6. The van der Waals surface area contributed by atoms with E-state index in [9.17, 15) is 36.7 Å². The van der Waals surface area contributed by atoms with Gasteiger partial charge in [-0.15, -0.1) is 0 Å². The molecule has 1 saturated heterocycles. The first kappa shape index (κ1) is 29.6. The van der Waals surface area contributed by atoms with Crippen molar-refractivity contribution in [3.8, 4) is 5.75 Å². The van der Waals surface area contributed by atoms with Crippen molar-refractivity contribution in [1.29, 1.82) is 0 Å². The lowest BCUT2D eigenvalue weighted by molar-refractivity contribution is -0.137. The molecule has 0 aliphatic carbocycles. The fraction of sp³-hybridized carbons (Fsp3) is 0.200. The highest BCUT2D eigenvalue weighted by Gasteiger charge is 2.57. The van der Waals surface area contributed by atoms with E-state index in [-0.39, 0.29) is 5.03 Å². The van der Waals surface area contributed by atoms with Crippen LogP contribution in [0.15, 0.2) is 82.6 Å². The first-order valence-electron chi connectivity index (χ1n) is 13.1. The molecule has 2 aliphatic heterocycles. The highest BCUT2D eigenvalue weighted by molar-refractivity contribution is 8.00. The molecular weight excluding hydrogens is 622 g/mol. The molecule has 14 heteroatoms. The van der Waals surface area contributed by atoms with Crippen molar-refractivity contribution in [2.24, 2.45) is 5.92 Å². The standard InChI is InChI=1S/C30H21F4N3O5S2/c1-42-18-12-6-15(7-13-18)22-23-24(27(40)37(26(23)39)20-5-3-2-4-19(20)30(32,33)34)43-28-25(22)44-29(41)36(28)14-21(38)35-17-10-8-16(31)9-11-17/h2-13,22-24H,14H2,1H3,(H,35,38). The number of imide groups is 1. The van der Waals surface area contributed by atoms with Gasteiger partial charge in [0.05, 0.1) is 29.3 Å². The Kier molecular flexibility index (Phi) is 7.58. The van der Waals surface area contributed by atoms with Crippen molar-refractivity contribution in [2.45, 2.75) is 28.9 Å². The number of methoxy groups -OCH3 is 1. The van der Waals surface area contributed by atoms with Crippen molar-refractivity contribution in [1.82, 2.24) is 4.57 Å². The first-order chi connectivity index (χ1) is 21.0. The number of thiazole rings is 1. The number of halogens is 4. The molecule has 0 spiro atoms. The maximum Gasteiger partial charge on any atom is 0.418 e. The van der Waals surface area contributed by atoms with Gasteiger partial charge in [0.2, 0.25) is 17.7 Å². The molecule has 226 valence electrons. The van der Waals surface area contributed by atoms with Crippen LogP contribution in [0.2, 0.25) is 0 Å². The molecule has 4 aromatic rings. The van der Waals surface area contributed by atoms with Gasteiger partial charge in [0.1, 0.15) is 23.4 Å². The second kappa shape index (κ2) is 11.2. The Balaban J connectivity index is 1.43. The second-order valence-corrected chi connectivity index (χ2v) is 12.1. The van der Waals surface area contributed by atoms with Gasteiger partial charge in [0.15, 0.2) is 0 Å². The number of carbonyl (C=O) groups excluding carboxylic acids is 3. The Hall–Kier alpha value is -4.43. The average molecular weight is 644 g/mol. The van der Waals surface area contributed by atoms with Crippen molar-refractivity contribution < 1.29 is 36.7 Å². The predicted molar refractivity (Wildman–Crippen MR) is 156 cm³/mol. The molecule has 2 aliphatic rings. The Bertz CT molecular complexity index is 1840. The van der Waals surface area contributed by atoms with Crippen LogP contribution in [0.3, 0.4) is 0 Å². The molecule has 3 heterocycles. The van der Waals surface area contributed by atoms with E-state index in [1.165, 1.54) is 35.9 Å². The van der Waals surface area contributed by atoms with Crippen LogP contribution < -0.4 is 19.8 Å². The topological polar surface area (TPSA) is 97.7 Å². The predicted octanol–water partition coefficient (Wildman–Crippen LogP) is 5.51. The Morgan fingerprint density at radius 3 is 2.30 bits per heavy atom. The molecule has 1 fully saturated rings. The molecule has 8 nitrogen and oxygen atoms in total. The molecule has 3 aromatic carbocycles. The Morgan fingerprint density at radius 2 is 1.64 bits per heavy atom. The number of carbonyl (C=O) groups is 3. The average Bonchev–Trinajstić information content (AvgIpc) is 3.44. The number of nitrogens with zero attached hydrogens (tertiary/aromatic N) is 2. The number of hydrogen-bond acceptors (Lipinski definition) is 7. The van der Waals surface area contributed by atoms with Crippen LogP contribution in [-0.4, -0.2) is 34.6 Å². The molecule has 1 N–H and O–H groups in total. The third-order valence-electron chi connectivity index (χ3n) is 7.40. The number of ether oxygens (including phenoxy) is 1. The van der Waals surface area contributed by atoms with Gasteiger partial charge in [0, 0.05) is 16.5 Å². The maximum absolute atomic E-state index is 14.0. The molecule has 0 radical (unpaired) electrons. The largest absolute Gasteiger partial charge is 0.497 e. The molecule has 0 saturated carbocycles. The van der Waals surface area contributed by atoms with Gasteiger partial charge < -0.3 is 10.1 Å². The summed E-state index contributed by atoms with van der Waals surface area (Å²) < 4.78 is 61.5. The minimum Gasteiger partial charge on any atom is -0.497 e. The number of hydrogen-bond donors (Lipinski definition) is 1. The molecule has 0 bridgehead atoms. The summed E-state index contributed by atoms with van der Waals surface area (Å²) in [4.78, 5) is 54.4. The number of alkyl halides is 3. The van der Waals surface area contributed by atoms with E-state index in [0.717, 1.165) is 47.4 Å². The van der Waals surface area contributed by atoms with Crippen molar-refractivity contribution >= 4 is 52.2 Å². The van der Waals surface area contributed by atoms with Crippen LogP contribution in [0.4, 0.5) is 28.9 Å². The Morgan fingerprint density at radius 1 is 0.955 bits per heavy atom. The number of amides is 3. The number of para-hydroxylation sites is 1. The van der Waals surface area contributed by atoms with E-state index in [2.05, 4.69) is 5.32 Å². The number of aromatic nitrogens is 1. The quantitative estimate of drug-likeness (QED) is 0.220. The van der Waals surface area contributed by atoms with E-state index in [4.69, 9.17) is 4.74 Å². The lowest BCUT2D eigenvalue weighted by Crippen LogP contribution is -2.33. The fourth-order valence-corrected chi connectivity index (χ4v) is 8.22. The van der Waals surface area contributed by atoms with Gasteiger partial charge in [-0.05, 0) is 54.1 Å². The molecule has 3 unspecified atom stereocenters. The van der Waals surface area contributed by atoms with E-state index < -0.39 is 69.5 Å². The van der Waals surface area contributed by atoms with Crippen LogP contribution in [0.25, 0.3) is 0 Å². The third-order valence-corrected chi connectivity index (χ3v) is 10.0. The summed E-state index contributed by atoms with van der Waals surface area (Å²) in [5.74, 6) is -4.27. The number of thioether (sulfide) groups is 1. The number of nitrogens with one attached hydrogen (secondary N) is 1. The van der Waals surface area contributed by atoms with E-state index >= 15 is 0 Å². The van der Waals surface area contributed by atoms with Gasteiger partial charge in [-0.1, -0.05) is 47.4 Å². The fourth-order valence-electron chi connectivity index (χ4n) is 5.45. The second-order valence-electron chi connectivity index (χ2n) is 10.0. The zero-order valence-corrected chi connectivity index (χ0v) is 24.3. The minimum absolute atomic E-state index is 0.267. The summed E-state index contributed by atoms with van der Waals surface area (Å²) in [5, 5.41) is 1.68. The summed E-state index contributed by atoms with van der Waals surface area (Å²) >= 11 is 1.68. The third kappa shape index (κ3) is 5.17. The maximum atomic E-state index is 14.0. The summed E-state index contributed by atoms with van der Waals surface area (Å²) in [6, 6.07) is 16.0. The number of fused-ring (bicyclic) bond motifs is 2. The monoisotopic (exact) mass is 643 g/mol. The molecule has 6 rings (SSSR count). The lowest BCUT2D eigenvalue weighted by Gasteiger charge is -2.30. The molecule has 1 aromatic heterocycles. The van der Waals surface area contributed by atoms with E-state index in [0.29, 0.717) is 26.8 Å². The minimum atomic E-state index is -4.83. The normalized spacial score (nSPS) is 19.5. The van der Waals surface area contributed by atoms with Crippen LogP contribution in [0.5, 0.6) is 5.75 Å². The SMILES string of the molecule is COc1ccc(C2c3sc(=O)n(CC(=O)Nc4ccc(F)cc4)c3SC3C(=O)N(c4ccccc4C(F)(F)F)C(=O)C32)cc1. The van der Waals surface area contributed by atoms with Gasteiger partial charge in [-0.25, -0.2) is 9.29 Å². The summed E-state index contributed by atoms with van der Waals surface area (Å²) in [6.45, 7) is -0.454. The number of anilines is 2. The van der Waals surface area contributed by atoms with E-state index in [1.54, 1.807) is 24.3 Å². The van der Waals surface area contributed by atoms with Crippen LogP contribution in [0, 0.1) is 11.7 Å². The van der Waals surface area contributed by atoms with Crippen molar-refractivity contribution in [3.05, 3.63) is 104 Å². The van der Waals surface area contributed by atoms with Crippen LogP contribution in [-0.2, 0) is 27.1 Å². The van der Waals surface area contributed by atoms with E-state index in [1.807, 2.05) is 0 Å². The molecule has 44 heavy (non-hydrogen) atoms. The number of benzene rings is 3. The lowest BCUT2D eigenvalue weighted by atomic mass is 9.83. The molecular formula is C30H21F4N3O5S2. The van der Waals surface area contributed by atoms with Crippen molar-refractivity contribution in [2.75, 3.05) is 17.3 Å². The molecule has 3 atom stereocenters. The highest BCUT2D eigenvalue weighted by Crippen LogP contribution is 2.54. The zero-order chi connectivity index (χ0) is 31.3. The summed E-state index contributed by atoms with van der Waals surface area (Å²) in [7, 11) is 1.47. The van der Waals surface area contributed by atoms with Gasteiger partial charge >= 0.3 is 11.0 Å². The summed E-state index contributed by atoms with van der Waals surface area (Å²) in [5.41, 5.74) is -0.861. The summed E-state index contributed by atoms with van der Waals surface area (Å²) in [6.07, 6.45) is -4.83. The van der Waals surface area contributed by atoms with Gasteiger partial charge in [-0.3, -0.25) is 23.7 Å². The van der Waals surface area contributed by atoms with Crippen LogP contribution >= 0.6 is 23.1 Å². The van der Waals surface area contributed by atoms with Gasteiger partial charge in [0.25, 0.3) is 0 Å². The van der Waals surface area contributed by atoms with Gasteiger partial charge in [-0.2, -0.15) is 13.2 Å².